The molecule has 1 aromatic heterocycles. The summed E-state index contributed by atoms with van der Waals surface area (Å²) in [6, 6.07) is 5.64. The molecule has 0 aliphatic heterocycles. The van der Waals surface area contributed by atoms with Gasteiger partial charge >= 0.3 is 0 Å². The number of rotatable bonds is 5. The van der Waals surface area contributed by atoms with Crippen molar-refractivity contribution >= 4 is 22.8 Å². The second-order valence-corrected chi connectivity index (χ2v) is 6.87. The van der Waals surface area contributed by atoms with Crippen LogP contribution in [0, 0.1) is 0 Å². The molecule has 0 bridgehead atoms. The highest BCUT2D eigenvalue weighted by molar-refractivity contribution is 5.98. The predicted octanol–water partition coefficient (Wildman–Crippen LogP) is 2.49. The maximum atomic E-state index is 12.6. The summed E-state index contributed by atoms with van der Waals surface area (Å²) in [6.07, 6.45) is 5.48. The van der Waals surface area contributed by atoms with Gasteiger partial charge in [0, 0.05) is 23.2 Å². The monoisotopic (exact) mass is 328 g/mol. The van der Waals surface area contributed by atoms with Gasteiger partial charge in [-0.15, -0.1) is 0 Å². The van der Waals surface area contributed by atoms with E-state index >= 15 is 0 Å². The lowest BCUT2D eigenvalue weighted by Gasteiger charge is -2.28. The van der Waals surface area contributed by atoms with Gasteiger partial charge in [0.05, 0.1) is 17.7 Å². The molecule has 0 atom stereocenters. The first-order valence-corrected chi connectivity index (χ1v) is 8.48. The molecule has 1 aliphatic rings. The number of nitrogens with zero attached hydrogens (tertiary/aromatic N) is 2. The summed E-state index contributed by atoms with van der Waals surface area (Å²) in [4.78, 5) is 21.3. The van der Waals surface area contributed by atoms with Gasteiger partial charge in [-0.05, 0) is 38.8 Å². The standard InChI is InChI=1S/C18H24N4O2/c1-12(2)20-17-19-10-14-6-5-13(9-15(14)21-17)16(24)22-18(11-23)7-3-4-8-18/h5-6,9-10,12,23H,3-4,7-8,11H2,1-2H3,(H,22,24)(H,19,20,21). The SMILES string of the molecule is CC(C)Nc1ncc2ccc(C(=O)NC3(CO)CCCC3)cc2n1. The normalized spacial score (nSPS) is 16.5. The summed E-state index contributed by atoms with van der Waals surface area (Å²) >= 11 is 0. The van der Waals surface area contributed by atoms with E-state index in [2.05, 4.69) is 20.6 Å². The minimum Gasteiger partial charge on any atom is -0.394 e. The molecule has 24 heavy (non-hydrogen) atoms. The van der Waals surface area contributed by atoms with Crippen LogP contribution in [0.2, 0.25) is 0 Å². The number of nitrogens with one attached hydrogen (secondary N) is 2. The maximum Gasteiger partial charge on any atom is 0.251 e. The Bertz CT molecular complexity index is 739. The number of benzene rings is 1. The third kappa shape index (κ3) is 3.48. The smallest absolute Gasteiger partial charge is 0.251 e. The fourth-order valence-electron chi connectivity index (χ4n) is 3.18. The zero-order valence-electron chi connectivity index (χ0n) is 14.2. The van der Waals surface area contributed by atoms with Gasteiger partial charge in [-0.1, -0.05) is 18.9 Å². The molecule has 0 unspecified atom stereocenters. The maximum absolute atomic E-state index is 12.6. The second kappa shape index (κ2) is 6.73. The molecule has 1 aromatic carbocycles. The molecular weight excluding hydrogens is 304 g/mol. The summed E-state index contributed by atoms with van der Waals surface area (Å²) in [5.41, 5.74) is 0.809. The molecule has 6 heteroatoms. The van der Waals surface area contributed by atoms with Crippen LogP contribution >= 0.6 is 0 Å². The second-order valence-electron chi connectivity index (χ2n) is 6.87. The minimum absolute atomic E-state index is 0.0169. The number of amides is 1. The van der Waals surface area contributed by atoms with Crippen molar-refractivity contribution in [1.82, 2.24) is 15.3 Å². The lowest BCUT2D eigenvalue weighted by Crippen LogP contribution is -2.49. The van der Waals surface area contributed by atoms with E-state index in [1.165, 1.54) is 0 Å². The number of aliphatic hydroxyl groups is 1. The van der Waals surface area contributed by atoms with E-state index in [-0.39, 0.29) is 18.6 Å². The predicted molar refractivity (Wildman–Crippen MR) is 94.0 cm³/mol. The first-order valence-electron chi connectivity index (χ1n) is 8.48. The Morgan fingerprint density at radius 2 is 2.08 bits per heavy atom. The number of hydrogen-bond donors (Lipinski definition) is 3. The Kier molecular flexibility index (Phi) is 4.66. The van der Waals surface area contributed by atoms with E-state index < -0.39 is 5.54 Å². The van der Waals surface area contributed by atoms with Crippen molar-refractivity contribution in [2.45, 2.75) is 51.1 Å². The van der Waals surface area contributed by atoms with Crippen LogP contribution in [-0.2, 0) is 0 Å². The zero-order valence-corrected chi connectivity index (χ0v) is 14.2. The van der Waals surface area contributed by atoms with E-state index in [0.717, 1.165) is 36.6 Å². The minimum atomic E-state index is -0.470. The highest BCUT2D eigenvalue weighted by Crippen LogP contribution is 2.29. The quantitative estimate of drug-likeness (QED) is 0.785. The van der Waals surface area contributed by atoms with Crippen LogP contribution in [0.3, 0.4) is 0 Å². The van der Waals surface area contributed by atoms with Gasteiger partial charge in [-0.3, -0.25) is 4.79 Å². The Morgan fingerprint density at radius 3 is 2.75 bits per heavy atom. The van der Waals surface area contributed by atoms with Crippen molar-refractivity contribution in [2.75, 3.05) is 11.9 Å². The Labute approximate surface area is 141 Å². The molecule has 0 saturated heterocycles. The van der Waals surface area contributed by atoms with Gasteiger partial charge < -0.3 is 15.7 Å². The number of aromatic nitrogens is 2. The van der Waals surface area contributed by atoms with Crippen molar-refractivity contribution < 1.29 is 9.90 Å². The average Bonchev–Trinajstić information content (AvgIpc) is 3.02. The number of carbonyl (C=O) groups excluding carboxylic acids is 1. The summed E-state index contributed by atoms with van der Waals surface area (Å²) < 4.78 is 0. The van der Waals surface area contributed by atoms with Gasteiger partial charge in [0.15, 0.2) is 0 Å². The molecule has 3 N–H and O–H groups in total. The van der Waals surface area contributed by atoms with E-state index in [1.54, 1.807) is 18.3 Å². The topological polar surface area (TPSA) is 87.1 Å². The van der Waals surface area contributed by atoms with Gasteiger partial charge in [0.2, 0.25) is 5.95 Å². The molecule has 128 valence electrons. The summed E-state index contributed by atoms with van der Waals surface area (Å²) in [5.74, 6) is 0.391. The van der Waals surface area contributed by atoms with E-state index in [0.29, 0.717) is 11.5 Å². The Balaban J connectivity index is 1.84. The molecule has 1 heterocycles. The molecule has 0 radical (unpaired) electrons. The van der Waals surface area contributed by atoms with Gasteiger partial charge in [0.25, 0.3) is 5.91 Å². The van der Waals surface area contributed by atoms with E-state index in [1.807, 2.05) is 19.9 Å². The third-order valence-corrected chi connectivity index (χ3v) is 4.50. The molecule has 1 fully saturated rings. The van der Waals surface area contributed by atoms with E-state index in [9.17, 15) is 9.90 Å². The molecule has 1 amide bonds. The van der Waals surface area contributed by atoms with Gasteiger partial charge in [-0.2, -0.15) is 0 Å². The molecule has 2 aromatic rings. The van der Waals surface area contributed by atoms with E-state index in [4.69, 9.17) is 0 Å². The molecule has 1 aliphatic carbocycles. The number of anilines is 1. The number of fused-ring (bicyclic) bond motifs is 1. The average molecular weight is 328 g/mol. The van der Waals surface area contributed by atoms with Crippen LogP contribution in [0.25, 0.3) is 10.9 Å². The Morgan fingerprint density at radius 1 is 1.33 bits per heavy atom. The van der Waals surface area contributed by atoms with Crippen LogP contribution < -0.4 is 10.6 Å². The number of aliphatic hydroxyl groups excluding tert-OH is 1. The fourth-order valence-corrected chi connectivity index (χ4v) is 3.18. The lowest BCUT2D eigenvalue weighted by atomic mass is 9.98. The first kappa shape index (κ1) is 16.6. The van der Waals surface area contributed by atoms with Gasteiger partial charge in [-0.25, -0.2) is 9.97 Å². The Hall–Kier alpha value is -2.21. The summed E-state index contributed by atoms with van der Waals surface area (Å²) in [6.45, 7) is 4.03. The molecule has 3 rings (SSSR count). The van der Waals surface area contributed by atoms with Crippen molar-refractivity contribution in [2.24, 2.45) is 0 Å². The zero-order chi connectivity index (χ0) is 17.2. The fraction of sp³-hybridized carbons (Fsp3) is 0.500. The summed E-state index contributed by atoms with van der Waals surface area (Å²) in [5, 5.41) is 16.7. The molecule has 0 spiro atoms. The van der Waals surface area contributed by atoms with Crippen LogP contribution in [0.5, 0.6) is 0 Å². The number of hydrogen-bond acceptors (Lipinski definition) is 5. The lowest BCUT2D eigenvalue weighted by molar-refractivity contribution is 0.0838. The number of carbonyl (C=O) groups is 1. The van der Waals surface area contributed by atoms with Crippen molar-refractivity contribution in [3.63, 3.8) is 0 Å². The molecule has 6 nitrogen and oxygen atoms in total. The highest BCUT2D eigenvalue weighted by atomic mass is 16.3. The largest absolute Gasteiger partial charge is 0.394 e. The summed E-state index contributed by atoms with van der Waals surface area (Å²) in [7, 11) is 0. The first-order chi connectivity index (χ1) is 11.5. The van der Waals surface area contributed by atoms with Crippen molar-refractivity contribution in [3.05, 3.63) is 30.0 Å². The van der Waals surface area contributed by atoms with Crippen LogP contribution in [0.1, 0.15) is 49.9 Å². The molecule has 1 saturated carbocycles. The third-order valence-electron chi connectivity index (χ3n) is 4.50. The molecular formula is C18H24N4O2. The van der Waals surface area contributed by atoms with Crippen LogP contribution in [0.4, 0.5) is 5.95 Å². The van der Waals surface area contributed by atoms with Gasteiger partial charge in [0.1, 0.15) is 0 Å². The van der Waals surface area contributed by atoms with Crippen molar-refractivity contribution in [1.29, 1.82) is 0 Å². The van der Waals surface area contributed by atoms with Crippen LogP contribution in [0.15, 0.2) is 24.4 Å². The highest BCUT2D eigenvalue weighted by Gasteiger charge is 2.34. The van der Waals surface area contributed by atoms with Crippen LogP contribution in [-0.4, -0.2) is 39.2 Å². The van der Waals surface area contributed by atoms with Crippen molar-refractivity contribution in [3.8, 4) is 0 Å².